The average Bonchev–Trinajstić information content (AvgIpc) is 2.57. The Bertz CT molecular complexity index is 452. The molecule has 0 saturated heterocycles. The molecule has 1 aromatic rings. The molecule has 3 heterocycles. The molecule has 0 saturated carbocycles. The molecule has 1 atom stereocenters. The number of fused-ring (bicyclic) bond motifs is 1. The number of aliphatic imine (C=N–C) groups is 1. The van der Waals surface area contributed by atoms with Crippen molar-refractivity contribution in [3.05, 3.63) is 10.6 Å². The van der Waals surface area contributed by atoms with Crippen LogP contribution < -0.4 is 10.2 Å². The van der Waals surface area contributed by atoms with Crippen LogP contribution in [-0.2, 0) is 13.0 Å². The van der Waals surface area contributed by atoms with Gasteiger partial charge in [-0.05, 0) is 12.8 Å². The first kappa shape index (κ1) is 12.1. The van der Waals surface area contributed by atoms with Crippen LogP contribution in [0.3, 0.4) is 0 Å². The summed E-state index contributed by atoms with van der Waals surface area (Å²) in [5.74, 6) is 1.14. The molecule has 0 bridgehead atoms. The maximum Gasteiger partial charge on any atom is 0.188 e. The van der Waals surface area contributed by atoms with Crippen LogP contribution in [0.2, 0.25) is 0 Å². The number of hydrogen-bond donors (Lipinski definition) is 2. The summed E-state index contributed by atoms with van der Waals surface area (Å²) in [6.45, 7) is 3.30. The third-order valence-corrected chi connectivity index (χ3v) is 4.67. The van der Waals surface area contributed by atoms with Crippen molar-refractivity contribution in [3.63, 3.8) is 0 Å². The van der Waals surface area contributed by atoms with Crippen LogP contribution in [0, 0.1) is 0 Å². The zero-order valence-electron chi connectivity index (χ0n) is 11.0. The topological polar surface area (TPSA) is 41.7 Å². The van der Waals surface area contributed by atoms with Crippen LogP contribution >= 0.6 is 11.3 Å². The Morgan fingerprint density at radius 3 is 3.11 bits per heavy atom. The van der Waals surface area contributed by atoms with E-state index in [0.717, 1.165) is 36.9 Å². The minimum Gasteiger partial charge on any atom is -0.333 e. The number of nitrogens with one attached hydrogen (secondary N) is 2. The molecule has 4 nitrogen and oxygen atoms in total. The molecule has 0 amide bonds. The van der Waals surface area contributed by atoms with E-state index in [9.17, 15) is 0 Å². The van der Waals surface area contributed by atoms with Gasteiger partial charge in [-0.15, -0.1) is 0 Å². The van der Waals surface area contributed by atoms with E-state index in [2.05, 4.69) is 17.4 Å². The van der Waals surface area contributed by atoms with Gasteiger partial charge >= 0.3 is 0 Å². The van der Waals surface area contributed by atoms with Crippen LogP contribution in [0.5, 0.6) is 0 Å². The van der Waals surface area contributed by atoms with Crippen molar-refractivity contribution >= 4 is 22.3 Å². The molecule has 2 aliphatic rings. The highest BCUT2D eigenvalue weighted by atomic mass is 32.1. The zero-order valence-corrected chi connectivity index (χ0v) is 11.8. The molecule has 0 aliphatic carbocycles. The summed E-state index contributed by atoms with van der Waals surface area (Å²) in [7, 11) is 2.26. The lowest BCUT2D eigenvalue weighted by Gasteiger charge is -2.17. The molecule has 5 heteroatoms. The first-order valence-corrected chi connectivity index (χ1v) is 7.73. The molecule has 98 valence electrons. The molecule has 0 fully saturated rings. The lowest BCUT2D eigenvalue weighted by Crippen LogP contribution is -3.08. The van der Waals surface area contributed by atoms with E-state index in [-0.39, 0.29) is 0 Å². The Hall–Kier alpha value is -0.940. The second-order valence-corrected chi connectivity index (χ2v) is 6.37. The number of hydrogen-bond acceptors (Lipinski definition) is 4. The molecule has 0 spiro atoms. The minimum atomic E-state index is 0.973. The van der Waals surface area contributed by atoms with Gasteiger partial charge in [0, 0.05) is 19.4 Å². The molecule has 1 unspecified atom stereocenters. The maximum absolute atomic E-state index is 4.72. The first-order valence-electron chi connectivity index (χ1n) is 6.91. The van der Waals surface area contributed by atoms with Crippen molar-refractivity contribution in [2.75, 3.05) is 25.5 Å². The van der Waals surface area contributed by atoms with Crippen molar-refractivity contribution in [2.45, 2.75) is 38.6 Å². The predicted molar refractivity (Wildman–Crippen MR) is 75.7 cm³/mol. The SMILES string of the molecule is C[NH+]1CCc2nc(NC3=NCCCCC3)sc2C1. The standard InChI is InChI=1S/C13H20N4S/c1-17-8-6-10-11(9-17)18-13(15-10)16-12-5-3-2-4-7-14-12/h2-9H2,1H3,(H,14,15,16)/p+1. The summed E-state index contributed by atoms with van der Waals surface area (Å²) in [5, 5.41) is 4.49. The highest BCUT2D eigenvalue weighted by Crippen LogP contribution is 2.24. The Morgan fingerprint density at radius 1 is 1.22 bits per heavy atom. The third kappa shape index (κ3) is 2.72. The van der Waals surface area contributed by atoms with Gasteiger partial charge in [-0.3, -0.25) is 4.99 Å². The van der Waals surface area contributed by atoms with Gasteiger partial charge in [-0.25, -0.2) is 4.98 Å². The third-order valence-electron chi connectivity index (χ3n) is 3.65. The number of likely N-dealkylation sites (N-methyl/N-ethyl adjacent to an activating group) is 1. The number of quaternary nitrogens is 1. The van der Waals surface area contributed by atoms with Gasteiger partial charge in [0.15, 0.2) is 5.13 Å². The van der Waals surface area contributed by atoms with Gasteiger partial charge in [-0.1, -0.05) is 17.8 Å². The Balaban J connectivity index is 1.71. The fourth-order valence-corrected chi connectivity index (χ4v) is 3.71. The van der Waals surface area contributed by atoms with Gasteiger partial charge in [0.05, 0.1) is 24.2 Å². The summed E-state index contributed by atoms with van der Waals surface area (Å²) in [6, 6.07) is 0. The lowest BCUT2D eigenvalue weighted by molar-refractivity contribution is -0.895. The van der Waals surface area contributed by atoms with Crippen molar-refractivity contribution in [3.8, 4) is 0 Å². The van der Waals surface area contributed by atoms with E-state index >= 15 is 0 Å². The summed E-state index contributed by atoms with van der Waals surface area (Å²) < 4.78 is 0. The lowest BCUT2D eigenvalue weighted by atomic mass is 10.2. The van der Waals surface area contributed by atoms with E-state index in [1.165, 1.54) is 36.4 Å². The second-order valence-electron chi connectivity index (χ2n) is 5.29. The van der Waals surface area contributed by atoms with Gasteiger partial charge in [0.25, 0.3) is 0 Å². The zero-order chi connectivity index (χ0) is 12.4. The number of rotatable bonds is 1. The van der Waals surface area contributed by atoms with Crippen molar-refractivity contribution < 1.29 is 4.90 Å². The van der Waals surface area contributed by atoms with E-state index < -0.39 is 0 Å². The normalized spacial score (nSPS) is 24.1. The minimum absolute atomic E-state index is 0.973. The quantitative estimate of drug-likeness (QED) is 0.798. The monoisotopic (exact) mass is 265 g/mol. The first-order chi connectivity index (χ1) is 8.81. The van der Waals surface area contributed by atoms with E-state index in [1.54, 1.807) is 4.90 Å². The molecule has 18 heavy (non-hydrogen) atoms. The molecule has 2 N–H and O–H groups in total. The molecule has 3 rings (SSSR count). The molecule has 1 aromatic heterocycles. The summed E-state index contributed by atoms with van der Waals surface area (Å²) in [5.41, 5.74) is 1.31. The molecule has 0 aromatic carbocycles. The summed E-state index contributed by atoms with van der Waals surface area (Å²) in [6.07, 6.45) is 5.98. The number of amidine groups is 1. The fourth-order valence-electron chi connectivity index (χ4n) is 2.56. The molecule has 2 aliphatic heterocycles. The van der Waals surface area contributed by atoms with E-state index in [4.69, 9.17) is 4.98 Å². The number of aromatic nitrogens is 1. The van der Waals surface area contributed by atoms with E-state index in [0.29, 0.717) is 0 Å². The van der Waals surface area contributed by atoms with Crippen LogP contribution in [0.1, 0.15) is 36.3 Å². The van der Waals surface area contributed by atoms with Crippen molar-refractivity contribution in [1.29, 1.82) is 0 Å². The number of anilines is 1. The van der Waals surface area contributed by atoms with Crippen LogP contribution in [0.25, 0.3) is 0 Å². The smallest absolute Gasteiger partial charge is 0.188 e. The molecule has 0 radical (unpaired) electrons. The fraction of sp³-hybridized carbons (Fsp3) is 0.692. The number of thiazole rings is 1. The van der Waals surface area contributed by atoms with Gasteiger partial charge in [-0.2, -0.15) is 0 Å². The summed E-state index contributed by atoms with van der Waals surface area (Å²) >= 11 is 1.82. The molecular weight excluding hydrogens is 244 g/mol. The highest BCUT2D eigenvalue weighted by molar-refractivity contribution is 7.15. The van der Waals surface area contributed by atoms with E-state index in [1.807, 2.05) is 11.3 Å². The second kappa shape index (κ2) is 5.36. The predicted octanol–water partition coefficient (Wildman–Crippen LogP) is 1.10. The van der Waals surface area contributed by atoms with Gasteiger partial charge < -0.3 is 10.2 Å². The van der Waals surface area contributed by atoms with Crippen LogP contribution in [0.15, 0.2) is 4.99 Å². The number of nitrogens with zero attached hydrogens (tertiary/aromatic N) is 2. The van der Waals surface area contributed by atoms with Crippen molar-refractivity contribution in [1.82, 2.24) is 4.98 Å². The molecular formula is C13H21N4S+. The Kier molecular flexibility index (Phi) is 3.61. The van der Waals surface area contributed by atoms with Crippen molar-refractivity contribution in [2.24, 2.45) is 4.99 Å². The summed E-state index contributed by atoms with van der Waals surface area (Å²) in [4.78, 5) is 12.4. The highest BCUT2D eigenvalue weighted by Gasteiger charge is 2.21. The van der Waals surface area contributed by atoms with Gasteiger partial charge in [0.1, 0.15) is 12.4 Å². The van der Waals surface area contributed by atoms with Crippen LogP contribution in [-0.4, -0.2) is 31.0 Å². The average molecular weight is 265 g/mol. The Morgan fingerprint density at radius 2 is 2.17 bits per heavy atom. The largest absolute Gasteiger partial charge is 0.333 e. The van der Waals surface area contributed by atoms with Gasteiger partial charge in [0.2, 0.25) is 0 Å². The maximum atomic E-state index is 4.72. The van der Waals surface area contributed by atoms with Crippen LogP contribution in [0.4, 0.5) is 5.13 Å². The Labute approximate surface area is 112 Å².